The van der Waals surface area contributed by atoms with E-state index in [9.17, 15) is 9.18 Å². The zero-order chi connectivity index (χ0) is 17.5. The van der Waals surface area contributed by atoms with Gasteiger partial charge in [-0.05, 0) is 39.7 Å². The zero-order valence-electron chi connectivity index (χ0n) is 14.1. The molecule has 7 nitrogen and oxygen atoms in total. The number of nitrogen functional groups attached to an aromatic ring is 1. The third-order valence-corrected chi connectivity index (χ3v) is 4.02. The van der Waals surface area contributed by atoms with Crippen molar-refractivity contribution in [1.82, 2.24) is 19.9 Å². The number of anilines is 1. The summed E-state index contributed by atoms with van der Waals surface area (Å²) in [5.41, 5.74) is 6.17. The lowest BCUT2D eigenvalue weighted by Crippen LogP contribution is -2.41. The first kappa shape index (κ1) is 16.5. The minimum Gasteiger partial charge on any atom is -0.444 e. The SMILES string of the molecule is CC(C)(C)OC(=O)N1CCCC1Cn1nnc2cc(N)c(F)cc21. The average Bonchev–Trinajstić information content (AvgIpc) is 3.06. The number of fused-ring (bicyclic) bond motifs is 1. The molecule has 1 aliphatic rings. The number of carbonyl (C=O) groups is 1. The van der Waals surface area contributed by atoms with Crippen LogP contribution in [0.3, 0.4) is 0 Å². The molecule has 1 aliphatic heterocycles. The van der Waals surface area contributed by atoms with E-state index in [0.717, 1.165) is 12.8 Å². The van der Waals surface area contributed by atoms with Crippen LogP contribution in [0.15, 0.2) is 12.1 Å². The standard InChI is InChI=1S/C16H22FN5O2/c1-16(2,3)24-15(23)21-6-4-5-10(21)9-22-14-7-11(17)12(18)8-13(14)19-20-22/h7-8,10H,4-6,9,18H2,1-3H3. The molecule has 0 spiro atoms. The molecule has 24 heavy (non-hydrogen) atoms. The van der Waals surface area contributed by atoms with Gasteiger partial charge in [0, 0.05) is 12.6 Å². The lowest BCUT2D eigenvalue weighted by atomic mass is 10.2. The van der Waals surface area contributed by atoms with Gasteiger partial charge >= 0.3 is 6.09 Å². The minimum atomic E-state index is -0.537. The molecule has 2 N–H and O–H groups in total. The number of amides is 1. The fraction of sp³-hybridized carbons (Fsp3) is 0.562. The van der Waals surface area contributed by atoms with Gasteiger partial charge in [-0.3, -0.25) is 0 Å². The van der Waals surface area contributed by atoms with Gasteiger partial charge in [-0.25, -0.2) is 13.9 Å². The molecule has 1 unspecified atom stereocenters. The molecule has 1 aromatic carbocycles. The second-order valence-corrected chi connectivity index (χ2v) is 7.10. The van der Waals surface area contributed by atoms with E-state index in [4.69, 9.17) is 10.5 Å². The summed E-state index contributed by atoms with van der Waals surface area (Å²) in [4.78, 5) is 14.1. The minimum absolute atomic E-state index is 0.0470. The van der Waals surface area contributed by atoms with Crippen molar-refractivity contribution >= 4 is 22.8 Å². The molecule has 3 rings (SSSR count). The number of hydrogen-bond acceptors (Lipinski definition) is 5. The van der Waals surface area contributed by atoms with E-state index in [1.54, 1.807) is 9.58 Å². The van der Waals surface area contributed by atoms with Crippen molar-refractivity contribution in [2.45, 2.75) is 51.8 Å². The largest absolute Gasteiger partial charge is 0.444 e. The Hall–Kier alpha value is -2.38. The number of carbonyl (C=O) groups excluding carboxylic acids is 1. The van der Waals surface area contributed by atoms with Gasteiger partial charge in [0.1, 0.15) is 16.9 Å². The average molecular weight is 335 g/mol. The van der Waals surface area contributed by atoms with Crippen molar-refractivity contribution in [3.05, 3.63) is 17.9 Å². The number of aromatic nitrogens is 3. The number of likely N-dealkylation sites (tertiary alicyclic amines) is 1. The third-order valence-electron chi connectivity index (χ3n) is 4.02. The summed E-state index contributed by atoms with van der Waals surface area (Å²) < 4.78 is 20.8. The first-order valence-corrected chi connectivity index (χ1v) is 8.02. The number of rotatable bonds is 2. The van der Waals surface area contributed by atoms with Crippen LogP contribution in [-0.4, -0.2) is 44.2 Å². The molecule has 1 fully saturated rings. The molecule has 0 radical (unpaired) electrons. The van der Waals surface area contributed by atoms with Crippen LogP contribution in [0.1, 0.15) is 33.6 Å². The van der Waals surface area contributed by atoms with E-state index in [1.807, 2.05) is 20.8 Å². The molecule has 1 atom stereocenters. The summed E-state index contributed by atoms with van der Waals surface area (Å²) in [6.07, 6.45) is 1.42. The Morgan fingerprint density at radius 1 is 1.46 bits per heavy atom. The summed E-state index contributed by atoms with van der Waals surface area (Å²) >= 11 is 0. The van der Waals surface area contributed by atoms with Crippen molar-refractivity contribution < 1.29 is 13.9 Å². The molecule has 2 heterocycles. The molecule has 2 aromatic rings. The number of hydrogen-bond donors (Lipinski definition) is 1. The first-order valence-electron chi connectivity index (χ1n) is 8.02. The smallest absolute Gasteiger partial charge is 0.410 e. The summed E-state index contributed by atoms with van der Waals surface area (Å²) in [7, 11) is 0. The van der Waals surface area contributed by atoms with Crippen LogP contribution in [0.5, 0.6) is 0 Å². The van der Waals surface area contributed by atoms with Crippen molar-refractivity contribution in [2.75, 3.05) is 12.3 Å². The van der Waals surface area contributed by atoms with Crippen molar-refractivity contribution in [3.63, 3.8) is 0 Å². The molecular weight excluding hydrogens is 313 g/mol. The monoisotopic (exact) mass is 335 g/mol. The molecule has 0 bridgehead atoms. The lowest BCUT2D eigenvalue weighted by molar-refractivity contribution is 0.0212. The third kappa shape index (κ3) is 3.27. The van der Waals surface area contributed by atoms with E-state index in [1.165, 1.54) is 12.1 Å². The number of halogens is 1. The van der Waals surface area contributed by atoms with Gasteiger partial charge in [0.15, 0.2) is 0 Å². The van der Waals surface area contributed by atoms with Crippen LogP contribution >= 0.6 is 0 Å². The van der Waals surface area contributed by atoms with Gasteiger partial charge in [-0.2, -0.15) is 0 Å². The molecule has 1 saturated heterocycles. The van der Waals surface area contributed by atoms with E-state index in [-0.39, 0.29) is 17.8 Å². The molecule has 130 valence electrons. The van der Waals surface area contributed by atoms with Gasteiger partial charge in [0.2, 0.25) is 0 Å². The van der Waals surface area contributed by atoms with Crippen LogP contribution in [0.25, 0.3) is 11.0 Å². The second kappa shape index (κ2) is 5.92. The summed E-state index contributed by atoms with van der Waals surface area (Å²) in [6, 6.07) is 2.75. The van der Waals surface area contributed by atoms with Crippen LogP contribution in [0.4, 0.5) is 14.9 Å². The Morgan fingerprint density at radius 3 is 2.92 bits per heavy atom. The Bertz CT molecular complexity index is 768. The van der Waals surface area contributed by atoms with Gasteiger partial charge in [0.05, 0.1) is 23.8 Å². The van der Waals surface area contributed by atoms with Crippen LogP contribution in [0.2, 0.25) is 0 Å². The first-order chi connectivity index (χ1) is 11.2. The maximum atomic E-state index is 13.7. The molecule has 0 saturated carbocycles. The van der Waals surface area contributed by atoms with Crippen LogP contribution < -0.4 is 5.73 Å². The normalized spacial score (nSPS) is 18.3. The van der Waals surface area contributed by atoms with Crippen LogP contribution in [0, 0.1) is 5.82 Å². The highest BCUT2D eigenvalue weighted by Crippen LogP contribution is 2.24. The molecule has 8 heteroatoms. The highest BCUT2D eigenvalue weighted by molar-refractivity contribution is 5.78. The van der Waals surface area contributed by atoms with E-state index >= 15 is 0 Å². The van der Waals surface area contributed by atoms with E-state index in [0.29, 0.717) is 24.1 Å². The van der Waals surface area contributed by atoms with Crippen molar-refractivity contribution in [3.8, 4) is 0 Å². The Morgan fingerprint density at radius 2 is 2.21 bits per heavy atom. The van der Waals surface area contributed by atoms with Crippen LogP contribution in [-0.2, 0) is 11.3 Å². The topological polar surface area (TPSA) is 86.3 Å². The van der Waals surface area contributed by atoms with E-state index in [2.05, 4.69) is 10.3 Å². The molecule has 0 aliphatic carbocycles. The molecular formula is C16H22FN5O2. The second-order valence-electron chi connectivity index (χ2n) is 7.10. The van der Waals surface area contributed by atoms with Crippen molar-refractivity contribution in [1.29, 1.82) is 0 Å². The fourth-order valence-corrected chi connectivity index (χ4v) is 2.93. The number of ether oxygens (including phenoxy) is 1. The highest BCUT2D eigenvalue weighted by Gasteiger charge is 2.32. The zero-order valence-corrected chi connectivity index (χ0v) is 14.1. The molecule has 1 aromatic heterocycles. The Balaban J connectivity index is 1.80. The van der Waals surface area contributed by atoms with Gasteiger partial charge in [-0.1, -0.05) is 5.21 Å². The predicted molar refractivity (Wildman–Crippen MR) is 87.9 cm³/mol. The summed E-state index contributed by atoms with van der Waals surface area (Å²) in [5, 5.41) is 8.10. The summed E-state index contributed by atoms with van der Waals surface area (Å²) in [6.45, 7) is 6.61. The van der Waals surface area contributed by atoms with Gasteiger partial charge in [0.25, 0.3) is 0 Å². The quantitative estimate of drug-likeness (QED) is 0.852. The maximum absolute atomic E-state index is 13.7. The predicted octanol–water partition coefficient (Wildman–Crippen LogP) is 2.55. The van der Waals surface area contributed by atoms with Gasteiger partial charge < -0.3 is 15.4 Å². The van der Waals surface area contributed by atoms with Gasteiger partial charge in [-0.15, -0.1) is 5.10 Å². The molecule has 1 amide bonds. The highest BCUT2D eigenvalue weighted by atomic mass is 19.1. The number of nitrogens with zero attached hydrogens (tertiary/aromatic N) is 4. The summed E-state index contributed by atoms with van der Waals surface area (Å²) in [5.74, 6) is -0.499. The number of nitrogens with two attached hydrogens (primary N) is 1. The van der Waals surface area contributed by atoms with Crippen molar-refractivity contribution in [2.24, 2.45) is 0 Å². The Labute approximate surface area is 139 Å². The van der Waals surface area contributed by atoms with E-state index < -0.39 is 11.4 Å². The fourth-order valence-electron chi connectivity index (χ4n) is 2.93. The Kier molecular flexibility index (Phi) is 4.06. The number of benzene rings is 1. The maximum Gasteiger partial charge on any atom is 0.410 e. The lowest BCUT2D eigenvalue weighted by Gasteiger charge is -2.28.